The third kappa shape index (κ3) is 4.54. The molecule has 116 valence electrons. The number of amides is 1. The van der Waals surface area contributed by atoms with Crippen molar-refractivity contribution in [2.45, 2.75) is 38.3 Å². The highest BCUT2D eigenvalue weighted by molar-refractivity contribution is 7.10. The molecule has 6 heteroatoms. The molecule has 0 radical (unpaired) electrons. The lowest BCUT2D eigenvalue weighted by Gasteiger charge is -2.28. The zero-order valence-electron chi connectivity index (χ0n) is 12.4. The molecule has 1 fully saturated rings. The van der Waals surface area contributed by atoms with Crippen molar-refractivity contribution in [3.63, 3.8) is 0 Å². The van der Waals surface area contributed by atoms with E-state index in [0.29, 0.717) is 5.92 Å². The maximum Gasteiger partial charge on any atom is 0.307 e. The van der Waals surface area contributed by atoms with Crippen LogP contribution in [0.4, 0.5) is 0 Å². The second-order valence-electron chi connectivity index (χ2n) is 5.49. The maximum absolute atomic E-state index is 12.4. The molecule has 2 N–H and O–H groups in total. The summed E-state index contributed by atoms with van der Waals surface area (Å²) in [7, 11) is 1.36. The number of hydrogen-bond acceptors (Lipinski definition) is 5. The Hall–Kier alpha value is -1.40. The van der Waals surface area contributed by atoms with E-state index in [1.165, 1.54) is 18.4 Å². The molecule has 1 aromatic rings. The molecule has 21 heavy (non-hydrogen) atoms. The minimum atomic E-state index is -0.321. The zero-order chi connectivity index (χ0) is 15.2. The Morgan fingerprint density at radius 2 is 2.38 bits per heavy atom. The molecular weight excluding hydrogens is 288 g/mol. The van der Waals surface area contributed by atoms with E-state index in [1.54, 1.807) is 0 Å². The summed E-state index contributed by atoms with van der Waals surface area (Å²) in [6.45, 7) is 3.02. The van der Waals surface area contributed by atoms with Gasteiger partial charge in [-0.15, -0.1) is 11.3 Å². The van der Waals surface area contributed by atoms with Crippen LogP contribution in [0.25, 0.3) is 0 Å². The summed E-state index contributed by atoms with van der Waals surface area (Å²) in [4.78, 5) is 24.9. The van der Waals surface area contributed by atoms with Gasteiger partial charge in [0.05, 0.1) is 25.6 Å². The van der Waals surface area contributed by atoms with Crippen molar-refractivity contribution in [2.75, 3.05) is 13.7 Å². The minimum Gasteiger partial charge on any atom is -0.469 e. The van der Waals surface area contributed by atoms with E-state index in [1.807, 2.05) is 17.5 Å². The van der Waals surface area contributed by atoms with Gasteiger partial charge >= 0.3 is 5.97 Å². The SMILES string of the molecule is COC(=O)CC(NC(=O)C1CC(C)CCN1)c1cccs1. The highest BCUT2D eigenvalue weighted by Crippen LogP contribution is 2.23. The van der Waals surface area contributed by atoms with Crippen molar-refractivity contribution >= 4 is 23.2 Å². The highest BCUT2D eigenvalue weighted by Gasteiger charge is 2.27. The van der Waals surface area contributed by atoms with E-state index >= 15 is 0 Å². The van der Waals surface area contributed by atoms with Gasteiger partial charge in [0.2, 0.25) is 5.91 Å². The van der Waals surface area contributed by atoms with Gasteiger partial charge in [-0.1, -0.05) is 13.0 Å². The number of methoxy groups -OCH3 is 1. The first-order valence-electron chi connectivity index (χ1n) is 7.24. The van der Waals surface area contributed by atoms with Gasteiger partial charge in [0, 0.05) is 4.88 Å². The van der Waals surface area contributed by atoms with Gasteiger partial charge in [-0.05, 0) is 36.8 Å². The van der Waals surface area contributed by atoms with Crippen LogP contribution in [-0.2, 0) is 14.3 Å². The number of carbonyl (C=O) groups excluding carboxylic acids is 2. The highest BCUT2D eigenvalue weighted by atomic mass is 32.1. The molecule has 2 rings (SSSR count). The number of piperidine rings is 1. The second kappa shape index (κ2) is 7.56. The number of ether oxygens (including phenoxy) is 1. The van der Waals surface area contributed by atoms with Gasteiger partial charge in [-0.3, -0.25) is 9.59 Å². The summed E-state index contributed by atoms with van der Waals surface area (Å²) in [6, 6.07) is 3.35. The van der Waals surface area contributed by atoms with E-state index in [9.17, 15) is 9.59 Å². The third-order valence-electron chi connectivity index (χ3n) is 3.78. The van der Waals surface area contributed by atoms with Crippen molar-refractivity contribution in [1.82, 2.24) is 10.6 Å². The molecule has 3 atom stereocenters. The fourth-order valence-corrected chi connectivity index (χ4v) is 3.32. The van der Waals surface area contributed by atoms with Crippen molar-refractivity contribution in [3.05, 3.63) is 22.4 Å². The first-order valence-corrected chi connectivity index (χ1v) is 8.12. The van der Waals surface area contributed by atoms with Gasteiger partial charge in [-0.25, -0.2) is 0 Å². The molecule has 3 unspecified atom stereocenters. The van der Waals surface area contributed by atoms with Crippen LogP contribution in [-0.4, -0.2) is 31.6 Å². The predicted molar refractivity (Wildman–Crippen MR) is 82.0 cm³/mol. The van der Waals surface area contributed by atoms with Crippen molar-refractivity contribution in [2.24, 2.45) is 5.92 Å². The number of thiophene rings is 1. The monoisotopic (exact) mass is 310 g/mol. The van der Waals surface area contributed by atoms with Crippen LogP contribution in [0.3, 0.4) is 0 Å². The summed E-state index contributed by atoms with van der Waals surface area (Å²) in [5, 5.41) is 8.16. The molecule has 5 nitrogen and oxygen atoms in total. The molecule has 2 heterocycles. The summed E-state index contributed by atoms with van der Waals surface area (Å²) in [6.07, 6.45) is 2.09. The largest absolute Gasteiger partial charge is 0.469 e. The average Bonchev–Trinajstić information content (AvgIpc) is 3.00. The lowest BCUT2D eigenvalue weighted by atomic mass is 9.93. The van der Waals surface area contributed by atoms with Gasteiger partial charge in [0.1, 0.15) is 0 Å². The Kier molecular flexibility index (Phi) is 5.76. The van der Waals surface area contributed by atoms with Crippen LogP contribution in [0, 0.1) is 5.92 Å². The first kappa shape index (κ1) is 16.0. The van der Waals surface area contributed by atoms with Gasteiger partial charge in [0.15, 0.2) is 0 Å². The van der Waals surface area contributed by atoms with Crippen LogP contribution in [0.1, 0.15) is 37.1 Å². The fraction of sp³-hybridized carbons (Fsp3) is 0.600. The van der Waals surface area contributed by atoms with Crippen LogP contribution >= 0.6 is 11.3 Å². The molecule has 0 aromatic carbocycles. The van der Waals surface area contributed by atoms with Gasteiger partial charge in [-0.2, -0.15) is 0 Å². The van der Waals surface area contributed by atoms with Crippen molar-refractivity contribution in [3.8, 4) is 0 Å². The lowest BCUT2D eigenvalue weighted by molar-refractivity contribution is -0.141. The molecule has 1 saturated heterocycles. The van der Waals surface area contributed by atoms with E-state index in [4.69, 9.17) is 4.74 Å². The van der Waals surface area contributed by atoms with E-state index in [2.05, 4.69) is 17.6 Å². The molecule has 0 saturated carbocycles. The Balaban J connectivity index is 2.00. The van der Waals surface area contributed by atoms with Gasteiger partial charge < -0.3 is 15.4 Å². The summed E-state index contributed by atoms with van der Waals surface area (Å²) < 4.78 is 4.72. The van der Waals surface area contributed by atoms with E-state index in [-0.39, 0.29) is 30.4 Å². The molecule has 1 aromatic heterocycles. The van der Waals surface area contributed by atoms with Gasteiger partial charge in [0.25, 0.3) is 0 Å². The molecule has 0 spiro atoms. The number of hydrogen-bond donors (Lipinski definition) is 2. The summed E-state index contributed by atoms with van der Waals surface area (Å²) in [5.41, 5.74) is 0. The fourth-order valence-electron chi connectivity index (χ4n) is 2.54. The standard InChI is InChI=1S/C15H22N2O3S/c1-10-5-6-16-12(8-10)15(19)17-11(9-14(18)20-2)13-4-3-7-21-13/h3-4,7,10-12,16H,5-6,8-9H2,1-2H3,(H,17,19). The molecule has 1 amide bonds. The lowest BCUT2D eigenvalue weighted by Crippen LogP contribution is -2.49. The maximum atomic E-state index is 12.4. The van der Waals surface area contributed by atoms with Crippen LogP contribution in [0.5, 0.6) is 0 Å². The molecule has 1 aliphatic rings. The van der Waals surface area contributed by atoms with E-state index < -0.39 is 0 Å². The number of nitrogens with one attached hydrogen (secondary N) is 2. The molecule has 0 aliphatic carbocycles. The number of carbonyl (C=O) groups is 2. The third-order valence-corrected chi connectivity index (χ3v) is 4.77. The number of esters is 1. The van der Waals surface area contributed by atoms with Crippen LogP contribution < -0.4 is 10.6 Å². The minimum absolute atomic E-state index is 0.0381. The van der Waals surface area contributed by atoms with Crippen molar-refractivity contribution in [1.29, 1.82) is 0 Å². The molecule has 0 bridgehead atoms. The average molecular weight is 310 g/mol. The van der Waals surface area contributed by atoms with Crippen molar-refractivity contribution < 1.29 is 14.3 Å². The Labute approximate surface area is 129 Å². The Bertz CT molecular complexity index is 475. The van der Waals surface area contributed by atoms with Crippen LogP contribution in [0.15, 0.2) is 17.5 Å². The topological polar surface area (TPSA) is 67.4 Å². The summed E-state index contributed by atoms with van der Waals surface area (Å²) >= 11 is 1.53. The smallest absolute Gasteiger partial charge is 0.307 e. The Morgan fingerprint density at radius 1 is 1.57 bits per heavy atom. The Morgan fingerprint density at radius 3 is 3.00 bits per heavy atom. The van der Waals surface area contributed by atoms with Crippen LogP contribution in [0.2, 0.25) is 0 Å². The first-order chi connectivity index (χ1) is 10.1. The summed E-state index contributed by atoms with van der Waals surface area (Å²) in [5.74, 6) is 0.185. The van der Waals surface area contributed by atoms with E-state index in [0.717, 1.165) is 24.3 Å². The zero-order valence-corrected chi connectivity index (χ0v) is 13.2. The molecule has 1 aliphatic heterocycles. The normalized spacial score (nSPS) is 23.3. The number of rotatable bonds is 5. The predicted octanol–water partition coefficient (Wildman–Crippen LogP) is 1.86. The molecular formula is C15H22N2O3S. The second-order valence-corrected chi connectivity index (χ2v) is 6.47. The quantitative estimate of drug-likeness (QED) is 0.815.